The second-order valence-corrected chi connectivity index (χ2v) is 6.22. The van der Waals surface area contributed by atoms with Crippen LogP contribution >= 0.6 is 0 Å². The maximum atomic E-state index is 12.1. The molecule has 9 nitrogen and oxygen atoms in total. The molecule has 1 aliphatic heterocycles. The zero-order valence-electron chi connectivity index (χ0n) is 13.7. The fourth-order valence-corrected chi connectivity index (χ4v) is 3.12. The third kappa shape index (κ3) is 3.66. The summed E-state index contributed by atoms with van der Waals surface area (Å²) in [5, 5.41) is 12.2. The molecule has 1 saturated heterocycles. The Balaban J connectivity index is 1.38. The number of nitrogens with zero attached hydrogens (tertiary/aromatic N) is 7. The molecule has 25 heavy (non-hydrogen) atoms. The Kier molecular flexibility index (Phi) is 4.38. The molecule has 0 bridgehead atoms. The van der Waals surface area contributed by atoms with E-state index in [1.165, 1.54) is 6.33 Å². The van der Waals surface area contributed by atoms with Crippen molar-refractivity contribution in [3.63, 3.8) is 0 Å². The van der Waals surface area contributed by atoms with E-state index in [9.17, 15) is 4.79 Å². The highest BCUT2D eigenvalue weighted by Crippen LogP contribution is 2.19. The molecular formula is C16H19N7O2. The highest BCUT2D eigenvalue weighted by molar-refractivity contribution is 5.17. The Morgan fingerprint density at radius 1 is 1.24 bits per heavy atom. The first-order valence-electron chi connectivity index (χ1n) is 8.34. The molecule has 0 N–H and O–H groups in total. The summed E-state index contributed by atoms with van der Waals surface area (Å²) in [6.45, 7) is 3.20. The molecule has 0 saturated carbocycles. The lowest BCUT2D eigenvalue weighted by Crippen LogP contribution is -2.36. The zero-order chi connectivity index (χ0) is 17.1. The lowest BCUT2D eigenvalue weighted by atomic mass is 9.97. The van der Waals surface area contributed by atoms with Crippen LogP contribution in [0, 0.1) is 5.92 Å². The summed E-state index contributed by atoms with van der Waals surface area (Å²) < 4.78 is 8.26. The minimum Gasteiger partial charge on any atom is -0.338 e. The van der Waals surface area contributed by atoms with Crippen molar-refractivity contribution in [1.29, 1.82) is 0 Å². The van der Waals surface area contributed by atoms with Crippen LogP contribution in [0.1, 0.15) is 18.7 Å². The van der Waals surface area contributed by atoms with Crippen molar-refractivity contribution in [2.75, 3.05) is 13.1 Å². The molecule has 9 heteroatoms. The summed E-state index contributed by atoms with van der Waals surface area (Å²) in [4.78, 5) is 18.5. The van der Waals surface area contributed by atoms with E-state index < -0.39 is 0 Å². The molecule has 0 spiro atoms. The summed E-state index contributed by atoms with van der Waals surface area (Å²) in [6, 6.07) is 5.07. The van der Waals surface area contributed by atoms with Gasteiger partial charge in [0.05, 0.1) is 6.54 Å². The van der Waals surface area contributed by atoms with Gasteiger partial charge in [-0.25, -0.2) is 9.36 Å². The van der Waals surface area contributed by atoms with Crippen molar-refractivity contribution in [3.05, 3.63) is 53.2 Å². The smallest absolute Gasteiger partial charge is 0.266 e. The van der Waals surface area contributed by atoms with Gasteiger partial charge in [0.1, 0.15) is 0 Å². The SMILES string of the molecule is O=c1ccc(-n2cccn2)nn1CC1CCN(Cc2ncno2)CC1. The van der Waals surface area contributed by atoms with Crippen LogP contribution in [-0.2, 0) is 13.1 Å². The quantitative estimate of drug-likeness (QED) is 0.675. The van der Waals surface area contributed by atoms with Crippen molar-refractivity contribution in [2.45, 2.75) is 25.9 Å². The van der Waals surface area contributed by atoms with Gasteiger partial charge in [0.2, 0.25) is 5.89 Å². The molecule has 130 valence electrons. The van der Waals surface area contributed by atoms with E-state index in [4.69, 9.17) is 4.52 Å². The highest BCUT2D eigenvalue weighted by atomic mass is 16.5. The first-order valence-corrected chi connectivity index (χ1v) is 8.34. The van der Waals surface area contributed by atoms with Gasteiger partial charge in [-0.2, -0.15) is 10.1 Å². The highest BCUT2D eigenvalue weighted by Gasteiger charge is 2.21. The number of rotatable bonds is 5. The average Bonchev–Trinajstić information content (AvgIpc) is 3.32. The Labute approximate surface area is 143 Å². The van der Waals surface area contributed by atoms with Crippen LogP contribution < -0.4 is 5.56 Å². The fraction of sp³-hybridized carbons (Fsp3) is 0.438. The van der Waals surface area contributed by atoms with Crippen molar-refractivity contribution >= 4 is 0 Å². The van der Waals surface area contributed by atoms with Crippen LogP contribution in [-0.4, -0.2) is 47.7 Å². The normalized spacial score (nSPS) is 16.3. The summed E-state index contributed by atoms with van der Waals surface area (Å²) in [6.07, 6.45) is 6.94. The Morgan fingerprint density at radius 2 is 2.12 bits per heavy atom. The van der Waals surface area contributed by atoms with E-state index in [1.54, 1.807) is 27.7 Å². The molecule has 0 atom stereocenters. The van der Waals surface area contributed by atoms with Crippen LogP contribution in [0.4, 0.5) is 0 Å². The minimum absolute atomic E-state index is 0.0794. The molecule has 3 aromatic rings. The van der Waals surface area contributed by atoms with E-state index >= 15 is 0 Å². The van der Waals surface area contributed by atoms with Crippen LogP contribution in [0.15, 0.2) is 46.2 Å². The Bertz CT molecular complexity index is 849. The molecule has 1 aliphatic rings. The van der Waals surface area contributed by atoms with Gasteiger partial charge in [-0.05, 0) is 44.0 Å². The molecule has 4 rings (SSSR count). The first-order chi connectivity index (χ1) is 12.3. The molecule has 3 aromatic heterocycles. The second-order valence-electron chi connectivity index (χ2n) is 6.22. The predicted molar refractivity (Wildman–Crippen MR) is 87.9 cm³/mol. The lowest BCUT2D eigenvalue weighted by Gasteiger charge is -2.30. The molecule has 1 fully saturated rings. The van der Waals surface area contributed by atoms with Gasteiger partial charge >= 0.3 is 0 Å². The van der Waals surface area contributed by atoms with E-state index in [2.05, 4.69) is 25.2 Å². The Hall–Kier alpha value is -2.81. The van der Waals surface area contributed by atoms with Gasteiger partial charge in [0.15, 0.2) is 12.1 Å². The van der Waals surface area contributed by atoms with Crippen LogP contribution in [0.2, 0.25) is 0 Å². The van der Waals surface area contributed by atoms with Gasteiger partial charge in [-0.1, -0.05) is 5.16 Å². The van der Waals surface area contributed by atoms with E-state index in [0.717, 1.165) is 25.9 Å². The number of hydrogen-bond donors (Lipinski definition) is 0. The monoisotopic (exact) mass is 341 g/mol. The molecule has 0 radical (unpaired) electrons. The Morgan fingerprint density at radius 3 is 2.84 bits per heavy atom. The van der Waals surface area contributed by atoms with Gasteiger partial charge in [0.25, 0.3) is 5.56 Å². The fourth-order valence-electron chi connectivity index (χ4n) is 3.12. The van der Waals surface area contributed by atoms with E-state index in [0.29, 0.717) is 30.7 Å². The van der Waals surface area contributed by atoms with Crippen molar-refractivity contribution < 1.29 is 4.52 Å². The maximum absolute atomic E-state index is 12.1. The minimum atomic E-state index is -0.0794. The number of aromatic nitrogens is 6. The first kappa shape index (κ1) is 15.7. The summed E-state index contributed by atoms with van der Waals surface area (Å²) in [5.41, 5.74) is -0.0794. The number of likely N-dealkylation sites (tertiary alicyclic amines) is 1. The molecule has 0 aliphatic carbocycles. The second kappa shape index (κ2) is 6.98. The van der Waals surface area contributed by atoms with Crippen molar-refractivity contribution in [2.24, 2.45) is 5.92 Å². The topological polar surface area (TPSA) is 94.9 Å². The predicted octanol–water partition coefficient (Wildman–Crippen LogP) is 0.724. The summed E-state index contributed by atoms with van der Waals surface area (Å²) in [5.74, 6) is 1.72. The summed E-state index contributed by atoms with van der Waals surface area (Å²) >= 11 is 0. The van der Waals surface area contributed by atoms with Crippen LogP contribution in [0.5, 0.6) is 0 Å². The van der Waals surface area contributed by atoms with Crippen LogP contribution in [0.3, 0.4) is 0 Å². The maximum Gasteiger partial charge on any atom is 0.266 e. The number of hydrogen-bond acceptors (Lipinski definition) is 7. The van der Waals surface area contributed by atoms with Crippen LogP contribution in [0.25, 0.3) is 5.82 Å². The van der Waals surface area contributed by atoms with Gasteiger partial charge in [-0.3, -0.25) is 9.69 Å². The van der Waals surface area contributed by atoms with Gasteiger partial charge < -0.3 is 4.52 Å². The standard InChI is InChI=1S/C16H19N7O2/c24-16-3-2-14(22-7-1-6-18-22)20-23(16)10-13-4-8-21(9-5-13)11-15-17-12-19-25-15/h1-3,6-7,12-13H,4-5,8-11H2. The largest absolute Gasteiger partial charge is 0.338 e. The third-order valence-corrected chi connectivity index (χ3v) is 4.50. The third-order valence-electron chi connectivity index (χ3n) is 4.50. The lowest BCUT2D eigenvalue weighted by molar-refractivity contribution is 0.148. The van der Waals surface area contributed by atoms with Gasteiger partial charge in [-0.15, -0.1) is 5.10 Å². The number of piperidine rings is 1. The molecule has 0 aromatic carbocycles. The van der Waals surface area contributed by atoms with E-state index in [1.807, 2.05) is 12.3 Å². The van der Waals surface area contributed by atoms with Gasteiger partial charge in [0, 0.05) is 25.0 Å². The zero-order valence-corrected chi connectivity index (χ0v) is 13.7. The molecule has 4 heterocycles. The average molecular weight is 341 g/mol. The molecular weight excluding hydrogens is 322 g/mol. The summed E-state index contributed by atoms with van der Waals surface area (Å²) in [7, 11) is 0. The van der Waals surface area contributed by atoms with E-state index in [-0.39, 0.29) is 5.56 Å². The molecule has 0 amide bonds. The van der Waals surface area contributed by atoms with Crippen molar-refractivity contribution in [3.8, 4) is 5.82 Å². The molecule has 0 unspecified atom stereocenters. The van der Waals surface area contributed by atoms with Crippen molar-refractivity contribution in [1.82, 2.24) is 34.6 Å².